The molecule has 0 aliphatic heterocycles. The van der Waals surface area contributed by atoms with Crippen LogP contribution in [-0.2, 0) is 0 Å². The lowest BCUT2D eigenvalue weighted by Gasteiger charge is -2.30. The van der Waals surface area contributed by atoms with Crippen LogP contribution in [0.1, 0.15) is 33.3 Å². The van der Waals surface area contributed by atoms with Crippen LogP contribution in [0.4, 0.5) is 14.5 Å². The quantitative estimate of drug-likeness (QED) is 0.881. The van der Waals surface area contributed by atoms with Gasteiger partial charge in [-0.15, -0.1) is 0 Å². The molecule has 1 aromatic carbocycles. The average Bonchev–Trinajstić information content (AvgIpc) is 2.31. The molecule has 4 heteroatoms. The minimum absolute atomic E-state index is 0.0309. The fourth-order valence-electron chi connectivity index (χ4n) is 1.30. The summed E-state index contributed by atoms with van der Waals surface area (Å²) in [6.45, 7) is 8.81. The van der Waals surface area contributed by atoms with E-state index in [1.54, 1.807) is 6.07 Å². The van der Waals surface area contributed by atoms with E-state index in [1.165, 1.54) is 12.1 Å². The normalized spacial score (nSPS) is 11.4. The molecule has 0 aliphatic carbocycles. The molecule has 0 spiro atoms. The van der Waals surface area contributed by atoms with Crippen LogP contribution in [0.5, 0.6) is 0 Å². The summed E-state index contributed by atoms with van der Waals surface area (Å²) in [4.78, 5) is 0. The Balaban J connectivity index is 2.88. The van der Waals surface area contributed by atoms with Gasteiger partial charge in [-0.25, -0.2) is 8.78 Å². The highest BCUT2D eigenvalue weighted by molar-refractivity contribution is 5.49. The average molecular weight is 252 g/mol. The van der Waals surface area contributed by atoms with E-state index in [4.69, 9.17) is 5.26 Å². The van der Waals surface area contributed by atoms with Crippen LogP contribution in [0, 0.1) is 34.3 Å². The predicted molar refractivity (Wildman–Crippen MR) is 68.2 cm³/mol. The zero-order valence-corrected chi connectivity index (χ0v) is 11.1. The molecule has 0 radical (unpaired) electrons. The standard InChI is InChI=1S/C14H18F2N2/c1-9(2)14(3,4)8-18-11-6-5-10(7-17)12(15)13(11)16/h5-6,9,18H,8H2,1-4H3. The molecule has 18 heavy (non-hydrogen) atoms. The summed E-state index contributed by atoms with van der Waals surface area (Å²) >= 11 is 0. The maximum absolute atomic E-state index is 13.6. The highest BCUT2D eigenvalue weighted by atomic mass is 19.2. The van der Waals surface area contributed by atoms with E-state index in [0.717, 1.165) is 0 Å². The minimum Gasteiger partial charge on any atom is -0.382 e. The van der Waals surface area contributed by atoms with Crippen molar-refractivity contribution >= 4 is 5.69 Å². The Labute approximate surface area is 107 Å². The number of nitrogens with zero attached hydrogens (tertiary/aromatic N) is 1. The maximum atomic E-state index is 13.6. The second-order valence-corrected chi connectivity index (χ2v) is 5.40. The zero-order chi connectivity index (χ0) is 13.9. The van der Waals surface area contributed by atoms with Gasteiger partial charge in [-0.1, -0.05) is 27.7 Å². The van der Waals surface area contributed by atoms with Crippen LogP contribution in [0.2, 0.25) is 0 Å². The van der Waals surface area contributed by atoms with Crippen molar-refractivity contribution in [2.24, 2.45) is 11.3 Å². The fourth-order valence-corrected chi connectivity index (χ4v) is 1.30. The number of benzene rings is 1. The first-order valence-corrected chi connectivity index (χ1v) is 5.91. The molecule has 0 saturated heterocycles. The summed E-state index contributed by atoms with van der Waals surface area (Å²) < 4.78 is 27.0. The van der Waals surface area contributed by atoms with Crippen LogP contribution in [0.25, 0.3) is 0 Å². The summed E-state index contributed by atoms with van der Waals surface area (Å²) in [5.74, 6) is -1.67. The molecule has 1 aromatic rings. The first kappa shape index (κ1) is 14.4. The third-order valence-electron chi connectivity index (χ3n) is 3.50. The van der Waals surface area contributed by atoms with E-state index >= 15 is 0 Å². The van der Waals surface area contributed by atoms with Crippen LogP contribution in [0.3, 0.4) is 0 Å². The summed E-state index contributed by atoms with van der Waals surface area (Å²) in [5, 5.41) is 11.5. The minimum atomic E-state index is -1.09. The van der Waals surface area contributed by atoms with Crippen molar-refractivity contribution in [1.82, 2.24) is 0 Å². The van der Waals surface area contributed by atoms with Gasteiger partial charge in [0.25, 0.3) is 0 Å². The van der Waals surface area contributed by atoms with Gasteiger partial charge in [0.2, 0.25) is 0 Å². The molecule has 0 atom stereocenters. The third kappa shape index (κ3) is 2.98. The molecule has 0 aromatic heterocycles. The number of halogens is 2. The Morgan fingerprint density at radius 3 is 2.39 bits per heavy atom. The van der Waals surface area contributed by atoms with Crippen LogP contribution < -0.4 is 5.32 Å². The number of nitriles is 1. The topological polar surface area (TPSA) is 35.8 Å². The summed E-state index contributed by atoms with van der Waals surface area (Å²) in [6, 6.07) is 4.29. The molecule has 0 heterocycles. The highest BCUT2D eigenvalue weighted by Gasteiger charge is 2.23. The molecule has 0 unspecified atom stereocenters. The van der Waals surface area contributed by atoms with Gasteiger partial charge in [0.1, 0.15) is 6.07 Å². The smallest absolute Gasteiger partial charge is 0.183 e. The molecule has 0 fully saturated rings. The Kier molecular flexibility index (Phi) is 4.28. The van der Waals surface area contributed by atoms with E-state index in [2.05, 4.69) is 33.0 Å². The van der Waals surface area contributed by atoms with Gasteiger partial charge in [0.15, 0.2) is 11.6 Å². The lowest BCUT2D eigenvalue weighted by Crippen LogP contribution is -2.28. The first-order chi connectivity index (χ1) is 8.29. The molecule has 1 rings (SSSR count). The molecule has 0 amide bonds. The summed E-state index contributed by atoms with van der Waals surface area (Å²) in [5.41, 5.74) is -0.210. The van der Waals surface area contributed by atoms with E-state index in [9.17, 15) is 8.78 Å². The summed E-state index contributed by atoms with van der Waals surface area (Å²) in [7, 11) is 0. The van der Waals surface area contributed by atoms with Gasteiger partial charge in [-0.3, -0.25) is 0 Å². The van der Waals surface area contributed by atoms with Gasteiger partial charge in [-0.2, -0.15) is 5.26 Å². The Morgan fingerprint density at radius 2 is 1.89 bits per heavy atom. The second kappa shape index (κ2) is 5.34. The molecule has 0 bridgehead atoms. The number of hydrogen-bond acceptors (Lipinski definition) is 2. The molecule has 0 saturated carbocycles. The Hall–Kier alpha value is -1.63. The van der Waals surface area contributed by atoms with Gasteiger partial charge in [0, 0.05) is 6.54 Å². The van der Waals surface area contributed by atoms with Crippen molar-refractivity contribution in [1.29, 1.82) is 5.26 Å². The van der Waals surface area contributed by atoms with E-state index < -0.39 is 11.6 Å². The number of hydrogen-bond donors (Lipinski definition) is 1. The van der Waals surface area contributed by atoms with Crippen molar-refractivity contribution in [3.8, 4) is 6.07 Å². The fraction of sp³-hybridized carbons (Fsp3) is 0.500. The van der Waals surface area contributed by atoms with Crippen LogP contribution >= 0.6 is 0 Å². The van der Waals surface area contributed by atoms with E-state index in [1.807, 2.05) is 0 Å². The molecule has 0 aliphatic rings. The summed E-state index contributed by atoms with van der Waals surface area (Å²) in [6.07, 6.45) is 0. The van der Waals surface area contributed by atoms with Crippen LogP contribution in [-0.4, -0.2) is 6.54 Å². The van der Waals surface area contributed by atoms with Gasteiger partial charge in [-0.05, 0) is 23.5 Å². The monoisotopic (exact) mass is 252 g/mol. The lowest BCUT2D eigenvalue weighted by molar-refractivity contribution is 0.269. The first-order valence-electron chi connectivity index (χ1n) is 5.91. The van der Waals surface area contributed by atoms with Gasteiger partial charge < -0.3 is 5.32 Å². The van der Waals surface area contributed by atoms with Crippen LogP contribution in [0.15, 0.2) is 12.1 Å². The van der Waals surface area contributed by atoms with Crippen molar-refractivity contribution in [2.45, 2.75) is 27.7 Å². The second-order valence-electron chi connectivity index (χ2n) is 5.40. The molecular weight excluding hydrogens is 234 g/mol. The van der Waals surface area contributed by atoms with Gasteiger partial charge in [0.05, 0.1) is 11.3 Å². The number of anilines is 1. The third-order valence-corrected chi connectivity index (χ3v) is 3.50. The van der Waals surface area contributed by atoms with Crippen molar-refractivity contribution in [2.75, 3.05) is 11.9 Å². The number of rotatable bonds is 4. The van der Waals surface area contributed by atoms with E-state index in [-0.39, 0.29) is 16.7 Å². The lowest BCUT2D eigenvalue weighted by atomic mass is 9.81. The van der Waals surface area contributed by atoms with Crippen molar-refractivity contribution in [3.05, 3.63) is 29.3 Å². The van der Waals surface area contributed by atoms with Crippen molar-refractivity contribution in [3.63, 3.8) is 0 Å². The molecule has 98 valence electrons. The highest BCUT2D eigenvalue weighted by Crippen LogP contribution is 2.27. The van der Waals surface area contributed by atoms with Crippen molar-refractivity contribution < 1.29 is 8.78 Å². The van der Waals surface area contributed by atoms with Gasteiger partial charge >= 0.3 is 0 Å². The molecular formula is C14H18F2N2. The Bertz CT molecular complexity index is 473. The Morgan fingerprint density at radius 1 is 1.28 bits per heavy atom. The molecule has 2 nitrogen and oxygen atoms in total. The zero-order valence-electron chi connectivity index (χ0n) is 11.1. The van der Waals surface area contributed by atoms with E-state index in [0.29, 0.717) is 12.5 Å². The largest absolute Gasteiger partial charge is 0.382 e. The molecule has 1 N–H and O–H groups in total. The number of nitrogens with one attached hydrogen (secondary N) is 1. The maximum Gasteiger partial charge on any atom is 0.183 e. The SMILES string of the molecule is CC(C)C(C)(C)CNc1ccc(C#N)c(F)c1F. The predicted octanol–water partition coefficient (Wildman–Crippen LogP) is 3.93.